The van der Waals surface area contributed by atoms with E-state index < -0.39 is 0 Å². The maximum absolute atomic E-state index is 5.51. The van der Waals surface area contributed by atoms with Crippen LogP contribution in [0.1, 0.15) is 5.56 Å². The molecule has 0 saturated heterocycles. The van der Waals surface area contributed by atoms with Crippen molar-refractivity contribution in [1.29, 1.82) is 0 Å². The van der Waals surface area contributed by atoms with Crippen LogP contribution in [-0.2, 0) is 6.42 Å². The van der Waals surface area contributed by atoms with E-state index in [1.54, 1.807) is 23.1 Å². The Kier molecular flexibility index (Phi) is 3.05. The molecule has 2 nitrogen and oxygen atoms in total. The van der Waals surface area contributed by atoms with Gasteiger partial charge in [0.25, 0.3) is 0 Å². The van der Waals surface area contributed by atoms with Crippen molar-refractivity contribution >= 4 is 33.3 Å². The molecule has 1 heterocycles. The molecule has 0 amide bonds. The van der Waals surface area contributed by atoms with Crippen LogP contribution < -0.4 is 5.73 Å². The first-order valence-corrected chi connectivity index (χ1v) is 6.51. The van der Waals surface area contributed by atoms with Crippen molar-refractivity contribution in [3.8, 4) is 0 Å². The molecule has 1 aromatic heterocycles. The lowest BCUT2D eigenvalue weighted by atomic mass is 10.1. The molecule has 0 aliphatic carbocycles. The largest absolute Gasteiger partial charge is 0.330 e. The second-order valence-corrected chi connectivity index (χ2v) is 5.11. The summed E-state index contributed by atoms with van der Waals surface area (Å²) in [7, 11) is 0. The van der Waals surface area contributed by atoms with E-state index in [1.807, 2.05) is 0 Å². The van der Waals surface area contributed by atoms with Gasteiger partial charge in [-0.1, -0.05) is 17.8 Å². The van der Waals surface area contributed by atoms with Gasteiger partial charge in [0.2, 0.25) is 0 Å². The fourth-order valence-electron chi connectivity index (χ4n) is 1.36. The van der Waals surface area contributed by atoms with Crippen molar-refractivity contribution in [2.45, 2.75) is 10.8 Å². The molecule has 1 aromatic carbocycles. The first-order chi connectivity index (χ1) is 6.83. The van der Waals surface area contributed by atoms with Gasteiger partial charge in [0.05, 0.1) is 10.2 Å². The summed E-state index contributed by atoms with van der Waals surface area (Å²) in [6.07, 6.45) is 2.99. The van der Waals surface area contributed by atoms with Crippen LogP contribution in [0.3, 0.4) is 0 Å². The van der Waals surface area contributed by atoms with Crippen molar-refractivity contribution in [2.24, 2.45) is 5.73 Å². The van der Waals surface area contributed by atoms with Crippen LogP contribution in [-0.4, -0.2) is 17.8 Å². The normalized spacial score (nSPS) is 11.0. The molecule has 0 unspecified atom stereocenters. The molecule has 0 aliphatic heterocycles. The number of hydrogen-bond donors (Lipinski definition) is 1. The molecule has 2 rings (SSSR count). The summed E-state index contributed by atoms with van der Waals surface area (Å²) in [5.41, 5.74) is 7.89. The molecule has 0 spiro atoms. The lowest BCUT2D eigenvalue weighted by Gasteiger charge is -1.96. The summed E-state index contributed by atoms with van der Waals surface area (Å²) < 4.78 is 2.39. The molecule has 0 bridgehead atoms. The Morgan fingerprint density at radius 1 is 1.50 bits per heavy atom. The Bertz CT molecular complexity index is 437. The maximum Gasteiger partial charge on any atom is 0.150 e. The minimum Gasteiger partial charge on any atom is -0.330 e. The third-order valence-corrected chi connectivity index (χ3v) is 4.06. The van der Waals surface area contributed by atoms with E-state index in [4.69, 9.17) is 5.73 Å². The lowest BCUT2D eigenvalue weighted by molar-refractivity contribution is 0.970. The van der Waals surface area contributed by atoms with E-state index in [9.17, 15) is 0 Å². The number of nitrogens with two attached hydrogens (primary N) is 1. The third kappa shape index (κ3) is 1.92. The van der Waals surface area contributed by atoms with Crippen LogP contribution >= 0.6 is 23.1 Å². The summed E-state index contributed by atoms with van der Waals surface area (Å²) in [6.45, 7) is 0.699. The summed E-state index contributed by atoms with van der Waals surface area (Å²) in [6, 6.07) is 6.41. The zero-order valence-electron chi connectivity index (χ0n) is 7.99. The number of nitrogens with zero attached hydrogens (tertiary/aromatic N) is 1. The van der Waals surface area contributed by atoms with Gasteiger partial charge in [0, 0.05) is 0 Å². The van der Waals surface area contributed by atoms with E-state index in [0.717, 1.165) is 16.3 Å². The smallest absolute Gasteiger partial charge is 0.150 e. The predicted octanol–water partition coefficient (Wildman–Crippen LogP) is 2.52. The Morgan fingerprint density at radius 2 is 2.36 bits per heavy atom. The summed E-state index contributed by atoms with van der Waals surface area (Å²) in [5.74, 6) is 0. The van der Waals surface area contributed by atoms with Crippen molar-refractivity contribution < 1.29 is 0 Å². The van der Waals surface area contributed by atoms with Gasteiger partial charge in [-0.25, -0.2) is 4.98 Å². The van der Waals surface area contributed by atoms with E-state index in [1.165, 1.54) is 10.3 Å². The Hall–Kier alpha value is -0.580. The Morgan fingerprint density at radius 3 is 3.07 bits per heavy atom. The number of thioether (sulfide) groups is 1. The first kappa shape index (κ1) is 9.96. The molecular formula is C10H12N2S2. The average Bonchev–Trinajstić information content (AvgIpc) is 2.60. The first-order valence-electron chi connectivity index (χ1n) is 4.47. The standard InChI is InChI=1S/C10H12N2S2/c1-13-10-12-8-6-7(4-5-11)2-3-9(8)14-10/h2-3,6H,4-5,11H2,1H3. The number of fused-ring (bicyclic) bond motifs is 1. The highest BCUT2D eigenvalue weighted by Gasteiger charge is 2.02. The van der Waals surface area contributed by atoms with E-state index in [0.29, 0.717) is 6.54 Å². The highest BCUT2D eigenvalue weighted by Crippen LogP contribution is 2.28. The zero-order valence-corrected chi connectivity index (χ0v) is 9.62. The second-order valence-electron chi connectivity index (χ2n) is 3.02. The molecule has 0 saturated carbocycles. The molecule has 0 fully saturated rings. The van der Waals surface area contributed by atoms with Crippen molar-refractivity contribution in [1.82, 2.24) is 4.98 Å². The minimum absolute atomic E-state index is 0.699. The molecule has 4 heteroatoms. The van der Waals surface area contributed by atoms with Crippen LogP contribution in [0.4, 0.5) is 0 Å². The Labute approximate surface area is 91.5 Å². The number of aromatic nitrogens is 1. The molecule has 2 aromatic rings. The topological polar surface area (TPSA) is 38.9 Å². The highest BCUT2D eigenvalue weighted by atomic mass is 32.2. The predicted molar refractivity (Wildman–Crippen MR) is 64.2 cm³/mol. The van der Waals surface area contributed by atoms with E-state index in [2.05, 4.69) is 29.4 Å². The SMILES string of the molecule is CSc1nc2cc(CCN)ccc2s1. The maximum atomic E-state index is 5.51. The molecule has 2 N–H and O–H groups in total. The zero-order chi connectivity index (χ0) is 9.97. The van der Waals surface area contributed by atoms with Crippen molar-refractivity contribution in [3.63, 3.8) is 0 Å². The molecule has 0 atom stereocenters. The van der Waals surface area contributed by atoms with Gasteiger partial charge in [-0.15, -0.1) is 11.3 Å². The molecule has 0 aliphatic rings. The fourth-order valence-corrected chi connectivity index (χ4v) is 2.83. The van der Waals surface area contributed by atoms with Gasteiger partial charge in [0.15, 0.2) is 4.34 Å². The monoisotopic (exact) mass is 224 g/mol. The summed E-state index contributed by atoms with van der Waals surface area (Å²) in [4.78, 5) is 4.51. The summed E-state index contributed by atoms with van der Waals surface area (Å²) >= 11 is 3.44. The van der Waals surface area contributed by atoms with Crippen molar-refractivity contribution in [2.75, 3.05) is 12.8 Å². The number of benzene rings is 1. The van der Waals surface area contributed by atoms with E-state index >= 15 is 0 Å². The van der Waals surface area contributed by atoms with Crippen LogP contribution in [0, 0.1) is 0 Å². The number of hydrogen-bond acceptors (Lipinski definition) is 4. The van der Waals surface area contributed by atoms with Crippen LogP contribution in [0.25, 0.3) is 10.2 Å². The van der Waals surface area contributed by atoms with Gasteiger partial charge in [-0.05, 0) is 36.9 Å². The average molecular weight is 224 g/mol. The van der Waals surface area contributed by atoms with Crippen LogP contribution in [0.5, 0.6) is 0 Å². The summed E-state index contributed by atoms with van der Waals surface area (Å²) in [5, 5.41) is 0. The van der Waals surface area contributed by atoms with E-state index in [-0.39, 0.29) is 0 Å². The lowest BCUT2D eigenvalue weighted by Crippen LogP contribution is -2.02. The molecule has 74 valence electrons. The van der Waals surface area contributed by atoms with Crippen LogP contribution in [0.15, 0.2) is 22.5 Å². The van der Waals surface area contributed by atoms with Crippen LogP contribution in [0.2, 0.25) is 0 Å². The van der Waals surface area contributed by atoms with Gasteiger partial charge in [-0.3, -0.25) is 0 Å². The third-order valence-electron chi connectivity index (χ3n) is 2.04. The molecule has 0 radical (unpaired) electrons. The quantitative estimate of drug-likeness (QED) is 0.814. The van der Waals surface area contributed by atoms with Gasteiger partial charge >= 0.3 is 0 Å². The number of thiazole rings is 1. The second kappa shape index (κ2) is 4.29. The number of rotatable bonds is 3. The fraction of sp³-hybridized carbons (Fsp3) is 0.300. The molecular weight excluding hydrogens is 212 g/mol. The van der Waals surface area contributed by atoms with Gasteiger partial charge < -0.3 is 5.73 Å². The van der Waals surface area contributed by atoms with Crippen molar-refractivity contribution in [3.05, 3.63) is 23.8 Å². The van der Waals surface area contributed by atoms with Gasteiger partial charge in [-0.2, -0.15) is 0 Å². The minimum atomic E-state index is 0.699. The Balaban J connectivity index is 2.43. The van der Waals surface area contributed by atoms with Gasteiger partial charge in [0.1, 0.15) is 0 Å². The molecule has 14 heavy (non-hydrogen) atoms. The highest BCUT2D eigenvalue weighted by molar-refractivity contribution is 8.00.